The standard InChI is InChI=1S/C19H17NO4/c1-22-17-9-5-8-14(19(17)23-2)10-11-18(21)24-13-16-7-4-3-6-15(16)12-20/h3-11H,13H2,1-2H3. The molecular formula is C19H17NO4. The van der Waals surface area contributed by atoms with Crippen molar-refractivity contribution in [3.63, 3.8) is 0 Å². The van der Waals surface area contributed by atoms with Crippen molar-refractivity contribution >= 4 is 12.0 Å². The van der Waals surface area contributed by atoms with Crippen molar-refractivity contribution in [2.24, 2.45) is 0 Å². The van der Waals surface area contributed by atoms with Crippen molar-refractivity contribution < 1.29 is 19.0 Å². The molecule has 2 rings (SSSR count). The van der Waals surface area contributed by atoms with Crippen molar-refractivity contribution in [1.29, 1.82) is 5.26 Å². The predicted octanol–water partition coefficient (Wildman–Crippen LogP) is 3.33. The van der Waals surface area contributed by atoms with Gasteiger partial charge < -0.3 is 14.2 Å². The number of methoxy groups -OCH3 is 2. The van der Waals surface area contributed by atoms with E-state index in [-0.39, 0.29) is 6.61 Å². The Labute approximate surface area is 140 Å². The molecule has 0 heterocycles. The van der Waals surface area contributed by atoms with E-state index < -0.39 is 5.97 Å². The third kappa shape index (κ3) is 4.14. The highest BCUT2D eigenvalue weighted by Gasteiger charge is 2.08. The predicted molar refractivity (Wildman–Crippen MR) is 89.5 cm³/mol. The summed E-state index contributed by atoms with van der Waals surface area (Å²) in [7, 11) is 3.08. The Kier molecular flexibility index (Phi) is 5.98. The number of para-hydroxylation sites is 1. The first-order chi connectivity index (χ1) is 11.7. The van der Waals surface area contributed by atoms with Gasteiger partial charge in [0.25, 0.3) is 0 Å². The molecule has 2 aromatic rings. The third-order valence-electron chi connectivity index (χ3n) is 3.34. The molecule has 0 spiro atoms. The number of esters is 1. The van der Waals surface area contributed by atoms with E-state index in [0.717, 1.165) is 0 Å². The molecule has 0 fully saturated rings. The fraction of sp³-hybridized carbons (Fsp3) is 0.158. The van der Waals surface area contributed by atoms with Gasteiger partial charge in [0.2, 0.25) is 0 Å². The summed E-state index contributed by atoms with van der Waals surface area (Å²) in [6.07, 6.45) is 2.91. The number of carbonyl (C=O) groups excluding carboxylic acids is 1. The first kappa shape index (κ1) is 17.1. The Morgan fingerprint density at radius 3 is 2.62 bits per heavy atom. The van der Waals surface area contributed by atoms with E-state index in [9.17, 15) is 4.79 Å². The van der Waals surface area contributed by atoms with Gasteiger partial charge in [-0.25, -0.2) is 4.79 Å². The number of rotatable bonds is 6. The van der Waals surface area contributed by atoms with Crippen LogP contribution in [-0.4, -0.2) is 20.2 Å². The van der Waals surface area contributed by atoms with E-state index in [1.807, 2.05) is 0 Å². The molecule has 122 valence electrons. The van der Waals surface area contributed by atoms with Crippen LogP contribution in [0, 0.1) is 11.3 Å². The summed E-state index contributed by atoms with van der Waals surface area (Å²) in [6, 6.07) is 14.4. The first-order valence-corrected chi connectivity index (χ1v) is 7.23. The smallest absolute Gasteiger partial charge is 0.331 e. The number of benzene rings is 2. The summed E-state index contributed by atoms with van der Waals surface area (Å²) in [5.41, 5.74) is 1.86. The van der Waals surface area contributed by atoms with Crippen molar-refractivity contribution in [1.82, 2.24) is 0 Å². The highest BCUT2D eigenvalue weighted by Crippen LogP contribution is 2.31. The molecule has 0 amide bonds. The summed E-state index contributed by atoms with van der Waals surface area (Å²) in [6.45, 7) is 0.0438. The van der Waals surface area contributed by atoms with Crippen LogP contribution in [0.3, 0.4) is 0 Å². The van der Waals surface area contributed by atoms with Gasteiger partial charge in [0.05, 0.1) is 25.9 Å². The second-order valence-corrected chi connectivity index (χ2v) is 4.79. The Balaban J connectivity index is 2.05. The van der Waals surface area contributed by atoms with E-state index in [4.69, 9.17) is 19.5 Å². The van der Waals surface area contributed by atoms with Gasteiger partial charge in [0.1, 0.15) is 6.61 Å². The lowest BCUT2D eigenvalue weighted by atomic mass is 10.1. The van der Waals surface area contributed by atoms with Crippen LogP contribution in [0.15, 0.2) is 48.5 Å². The van der Waals surface area contributed by atoms with E-state index >= 15 is 0 Å². The molecule has 0 saturated heterocycles. The molecule has 2 aromatic carbocycles. The minimum Gasteiger partial charge on any atom is -0.493 e. The van der Waals surface area contributed by atoms with Crippen LogP contribution in [0.4, 0.5) is 0 Å². The van der Waals surface area contributed by atoms with Crippen LogP contribution in [0.25, 0.3) is 6.08 Å². The fourth-order valence-electron chi connectivity index (χ4n) is 2.15. The number of ether oxygens (including phenoxy) is 3. The minimum atomic E-state index is -0.507. The second-order valence-electron chi connectivity index (χ2n) is 4.79. The maximum atomic E-state index is 11.9. The van der Waals surface area contributed by atoms with Gasteiger partial charge >= 0.3 is 5.97 Å². The highest BCUT2D eigenvalue weighted by molar-refractivity contribution is 5.87. The SMILES string of the molecule is COc1cccc(C=CC(=O)OCc2ccccc2C#N)c1OC. The molecule has 0 N–H and O–H groups in total. The van der Waals surface area contributed by atoms with E-state index in [1.165, 1.54) is 13.2 Å². The number of hydrogen-bond acceptors (Lipinski definition) is 5. The zero-order valence-electron chi connectivity index (χ0n) is 13.5. The average molecular weight is 323 g/mol. The Bertz CT molecular complexity index is 790. The molecule has 0 bridgehead atoms. The van der Waals surface area contributed by atoms with Crippen molar-refractivity contribution in [2.45, 2.75) is 6.61 Å². The van der Waals surface area contributed by atoms with Crippen LogP contribution in [0.2, 0.25) is 0 Å². The zero-order valence-corrected chi connectivity index (χ0v) is 13.5. The highest BCUT2D eigenvalue weighted by atomic mass is 16.5. The molecule has 0 atom stereocenters. The topological polar surface area (TPSA) is 68.5 Å². The van der Waals surface area contributed by atoms with Crippen molar-refractivity contribution in [2.75, 3.05) is 14.2 Å². The number of carbonyl (C=O) groups is 1. The van der Waals surface area contributed by atoms with Crippen LogP contribution < -0.4 is 9.47 Å². The molecule has 0 radical (unpaired) electrons. The normalized spacial score (nSPS) is 10.2. The molecule has 0 aliphatic rings. The maximum Gasteiger partial charge on any atom is 0.331 e. The van der Waals surface area contributed by atoms with Gasteiger partial charge in [-0.15, -0.1) is 0 Å². The van der Waals surface area contributed by atoms with Gasteiger partial charge in [-0.2, -0.15) is 5.26 Å². The number of nitriles is 1. The van der Waals surface area contributed by atoms with Gasteiger partial charge in [-0.1, -0.05) is 30.3 Å². The molecule has 0 aromatic heterocycles. The molecule has 5 nitrogen and oxygen atoms in total. The minimum absolute atomic E-state index is 0.0438. The molecule has 5 heteroatoms. The van der Waals surface area contributed by atoms with Crippen molar-refractivity contribution in [3.05, 3.63) is 65.2 Å². The Hall–Kier alpha value is -3.26. The Morgan fingerprint density at radius 1 is 1.12 bits per heavy atom. The quantitative estimate of drug-likeness (QED) is 0.602. The first-order valence-electron chi connectivity index (χ1n) is 7.23. The van der Waals surface area contributed by atoms with Crippen molar-refractivity contribution in [3.8, 4) is 17.6 Å². The van der Waals surface area contributed by atoms with Crippen LogP contribution in [-0.2, 0) is 16.1 Å². The summed E-state index contributed by atoms with van der Waals surface area (Å²) >= 11 is 0. The van der Waals surface area contributed by atoms with Gasteiger partial charge in [-0.3, -0.25) is 0 Å². The fourth-order valence-corrected chi connectivity index (χ4v) is 2.15. The van der Waals surface area contributed by atoms with E-state index in [0.29, 0.717) is 28.2 Å². The second kappa shape index (κ2) is 8.39. The number of hydrogen-bond donors (Lipinski definition) is 0. The van der Waals surface area contributed by atoms with Gasteiger partial charge in [0.15, 0.2) is 11.5 Å². The summed E-state index contributed by atoms with van der Waals surface area (Å²) in [5.74, 6) is 0.613. The molecular weight excluding hydrogens is 306 g/mol. The maximum absolute atomic E-state index is 11.9. The molecule has 0 aliphatic carbocycles. The van der Waals surface area contributed by atoms with Crippen LogP contribution in [0.5, 0.6) is 11.5 Å². The van der Waals surface area contributed by atoms with E-state index in [2.05, 4.69) is 6.07 Å². The molecule has 0 unspecified atom stereocenters. The summed E-state index contributed by atoms with van der Waals surface area (Å²) < 4.78 is 15.7. The monoisotopic (exact) mass is 323 g/mol. The Morgan fingerprint density at radius 2 is 1.92 bits per heavy atom. The zero-order chi connectivity index (χ0) is 17.4. The summed E-state index contributed by atoms with van der Waals surface area (Å²) in [5, 5.41) is 9.01. The van der Waals surface area contributed by atoms with Gasteiger partial charge in [0, 0.05) is 17.2 Å². The average Bonchev–Trinajstić information content (AvgIpc) is 2.64. The summed E-state index contributed by atoms with van der Waals surface area (Å²) in [4.78, 5) is 11.9. The lowest BCUT2D eigenvalue weighted by Crippen LogP contribution is -2.02. The third-order valence-corrected chi connectivity index (χ3v) is 3.34. The number of nitrogens with zero attached hydrogens (tertiary/aromatic N) is 1. The van der Waals surface area contributed by atoms with Crippen LogP contribution >= 0.6 is 0 Å². The molecule has 0 aliphatic heterocycles. The lowest BCUT2D eigenvalue weighted by molar-refractivity contribution is -0.138. The largest absolute Gasteiger partial charge is 0.493 e. The van der Waals surface area contributed by atoms with Gasteiger partial charge in [-0.05, 0) is 18.2 Å². The lowest BCUT2D eigenvalue weighted by Gasteiger charge is -2.09. The van der Waals surface area contributed by atoms with Crippen LogP contribution in [0.1, 0.15) is 16.7 Å². The molecule has 0 saturated carbocycles. The van der Waals surface area contributed by atoms with E-state index in [1.54, 1.807) is 55.7 Å². The molecule has 24 heavy (non-hydrogen) atoms.